The van der Waals surface area contributed by atoms with E-state index in [4.69, 9.17) is 0 Å². The maximum Gasteiger partial charge on any atom is 0.264 e. The molecule has 3 heterocycles. The summed E-state index contributed by atoms with van der Waals surface area (Å²) >= 11 is 1.60. The number of amides is 1. The number of aromatic nitrogens is 2. The van der Waals surface area contributed by atoms with Crippen LogP contribution in [0.25, 0.3) is 0 Å². The Bertz CT molecular complexity index is 684. The molecule has 23 heavy (non-hydrogen) atoms. The van der Waals surface area contributed by atoms with Gasteiger partial charge in [0.05, 0.1) is 23.2 Å². The fourth-order valence-electron chi connectivity index (χ4n) is 3.00. The minimum absolute atomic E-state index is 0.147. The Balaban J connectivity index is 1.80. The topological polar surface area (TPSA) is 41.4 Å². The van der Waals surface area contributed by atoms with Crippen LogP contribution in [0.4, 0.5) is 0 Å². The molecule has 0 fully saturated rings. The predicted octanol–water partition coefficient (Wildman–Crippen LogP) is 2.71. The highest BCUT2D eigenvalue weighted by Crippen LogP contribution is 2.27. The van der Waals surface area contributed by atoms with Crippen molar-refractivity contribution in [2.24, 2.45) is 0 Å². The second-order valence-electron chi connectivity index (χ2n) is 6.55. The second kappa shape index (κ2) is 6.45. The van der Waals surface area contributed by atoms with Gasteiger partial charge in [-0.2, -0.15) is 5.10 Å². The molecule has 0 N–H and O–H groups in total. The molecule has 0 radical (unpaired) electrons. The maximum absolute atomic E-state index is 12.9. The summed E-state index contributed by atoms with van der Waals surface area (Å²) in [6, 6.07) is 4.29. The highest BCUT2D eigenvalue weighted by molar-refractivity contribution is 7.14. The molecule has 0 spiro atoms. The lowest BCUT2D eigenvalue weighted by Gasteiger charge is -2.34. The molecule has 1 atom stereocenters. The monoisotopic (exact) mass is 332 g/mol. The SMILES string of the molecule is Cc1cc(C(=O)N2Cc3ccnn3[C@H](CCN(C)C)C2)sc1C. The molecular weight excluding hydrogens is 308 g/mol. The third kappa shape index (κ3) is 3.33. The Morgan fingerprint density at radius 1 is 1.43 bits per heavy atom. The summed E-state index contributed by atoms with van der Waals surface area (Å²) in [5.74, 6) is 0.147. The van der Waals surface area contributed by atoms with Gasteiger partial charge < -0.3 is 9.80 Å². The molecular formula is C17H24N4OS. The number of rotatable bonds is 4. The molecule has 0 saturated carbocycles. The van der Waals surface area contributed by atoms with Gasteiger partial charge in [-0.3, -0.25) is 9.48 Å². The third-order valence-electron chi connectivity index (χ3n) is 4.46. The summed E-state index contributed by atoms with van der Waals surface area (Å²) in [6.45, 7) is 6.50. The van der Waals surface area contributed by atoms with Crippen LogP contribution in [0.2, 0.25) is 0 Å². The zero-order valence-corrected chi connectivity index (χ0v) is 15.1. The smallest absolute Gasteiger partial charge is 0.264 e. The van der Waals surface area contributed by atoms with E-state index in [0.29, 0.717) is 6.54 Å². The van der Waals surface area contributed by atoms with Gasteiger partial charge in [0.25, 0.3) is 5.91 Å². The molecule has 5 nitrogen and oxygen atoms in total. The minimum atomic E-state index is 0.147. The van der Waals surface area contributed by atoms with Crippen LogP contribution in [0, 0.1) is 13.8 Å². The summed E-state index contributed by atoms with van der Waals surface area (Å²) in [4.78, 5) is 19.1. The number of carbonyl (C=O) groups excluding carboxylic acids is 1. The van der Waals surface area contributed by atoms with Crippen molar-refractivity contribution in [1.82, 2.24) is 19.6 Å². The van der Waals surface area contributed by atoms with Crippen LogP contribution in [0.15, 0.2) is 18.3 Å². The third-order valence-corrected chi connectivity index (χ3v) is 5.60. The van der Waals surface area contributed by atoms with Crippen molar-refractivity contribution in [1.29, 1.82) is 0 Å². The number of hydrogen-bond acceptors (Lipinski definition) is 4. The predicted molar refractivity (Wildman–Crippen MR) is 93.0 cm³/mol. The molecule has 1 amide bonds. The van der Waals surface area contributed by atoms with E-state index in [0.717, 1.165) is 30.1 Å². The lowest BCUT2D eigenvalue weighted by atomic mass is 10.1. The molecule has 124 valence electrons. The van der Waals surface area contributed by atoms with E-state index in [1.54, 1.807) is 11.3 Å². The average Bonchev–Trinajstić information content (AvgIpc) is 3.11. The summed E-state index contributed by atoms with van der Waals surface area (Å²) < 4.78 is 2.10. The molecule has 6 heteroatoms. The molecule has 2 aromatic rings. The second-order valence-corrected chi connectivity index (χ2v) is 7.80. The molecule has 1 aliphatic heterocycles. The van der Waals surface area contributed by atoms with Crippen LogP contribution in [-0.2, 0) is 6.54 Å². The first-order chi connectivity index (χ1) is 11.0. The Morgan fingerprint density at radius 3 is 2.87 bits per heavy atom. The Hall–Kier alpha value is -1.66. The maximum atomic E-state index is 12.9. The van der Waals surface area contributed by atoms with Crippen LogP contribution in [-0.4, -0.2) is 52.7 Å². The van der Waals surface area contributed by atoms with Crippen LogP contribution in [0.5, 0.6) is 0 Å². The van der Waals surface area contributed by atoms with E-state index >= 15 is 0 Å². The van der Waals surface area contributed by atoms with Crippen molar-refractivity contribution in [3.8, 4) is 0 Å². The van der Waals surface area contributed by atoms with Gasteiger partial charge in [-0.25, -0.2) is 0 Å². The van der Waals surface area contributed by atoms with E-state index in [1.165, 1.54) is 10.4 Å². The van der Waals surface area contributed by atoms with Gasteiger partial charge in [0, 0.05) is 17.6 Å². The van der Waals surface area contributed by atoms with Crippen LogP contribution < -0.4 is 0 Å². The number of fused-ring (bicyclic) bond motifs is 1. The Labute approximate surface area is 141 Å². The lowest BCUT2D eigenvalue weighted by molar-refractivity contribution is 0.0665. The summed E-state index contributed by atoms with van der Waals surface area (Å²) in [6.07, 6.45) is 2.83. The Kier molecular flexibility index (Phi) is 4.55. The first-order valence-electron chi connectivity index (χ1n) is 7.99. The van der Waals surface area contributed by atoms with Crippen LogP contribution >= 0.6 is 11.3 Å². The number of hydrogen-bond donors (Lipinski definition) is 0. The van der Waals surface area contributed by atoms with E-state index in [-0.39, 0.29) is 11.9 Å². The summed E-state index contributed by atoms with van der Waals surface area (Å²) in [5.41, 5.74) is 2.32. The first kappa shape index (κ1) is 16.2. The lowest BCUT2D eigenvalue weighted by Crippen LogP contribution is -2.41. The standard InChI is InChI=1S/C17H24N4OS/c1-12-9-16(23-13(12)2)17(22)20-10-14-5-7-18-21(14)15(11-20)6-8-19(3)4/h5,7,9,15H,6,8,10-11H2,1-4H3/t15-/m1/s1. The number of thiophene rings is 1. The molecule has 0 saturated heterocycles. The van der Waals surface area contributed by atoms with E-state index in [2.05, 4.69) is 42.6 Å². The summed E-state index contributed by atoms with van der Waals surface area (Å²) in [5, 5.41) is 4.46. The quantitative estimate of drug-likeness (QED) is 0.864. The first-order valence-corrected chi connectivity index (χ1v) is 8.80. The molecule has 3 rings (SSSR count). The fourth-order valence-corrected chi connectivity index (χ4v) is 4.00. The van der Waals surface area contributed by atoms with E-state index < -0.39 is 0 Å². The van der Waals surface area contributed by atoms with Gasteiger partial charge >= 0.3 is 0 Å². The van der Waals surface area contributed by atoms with E-state index in [9.17, 15) is 4.79 Å². The summed E-state index contributed by atoms with van der Waals surface area (Å²) in [7, 11) is 4.15. The molecule has 1 aliphatic rings. The van der Waals surface area contributed by atoms with Crippen molar-refractivity contribution >= 4 is 17.2 Å². The molecule has 0 bridgehead atoms. The van der Waals surface area contributed by atoms with Gasteiger partial charge in [-0.1, -0.05) is 0 Å². The van der Waals surface area contributed by atoms with Crippen LogP contribution in [0.3, 0.4) is 0 Å². The average molecular weight is 332 g/mol. The molecule has 0 aliphatic carbocycles. The molecule has 0 aromatic carbocycles. The van der Waals surface area contributed by atoms with Crippen molar-refractivity contribution < 1.29 is 4.79 Å². The minimum Gasteiger partial charge on any atom is -0.330 e. The van der Waals surface area contributed by atoms with Crippen molar-refractivity contribution in [3.05, 3.63) is 39.3 Å². The zero-order chi connectivity index (χ0) is 16.6. The largest absolute Gasteiger partial charge is 0.330 e. The van der Waals surface area contributed by atoms with Gasteiger partial charge in [0.2, 0.25) is 0 Å². The van der Waals surface area contributed by atoms with Crippen molar-refractivity contribution in [3.63, 3.8) is 0 Å². The highest BCUT2D eigenvalue weighted by Gasteiger charge is 2.29. The van der Waals surface area contributed by atoms with Gasteiger partial charge in [-0.15, -0.1) is 11.3 Å². The normalized spacial score (nSPS) is 17.6. The molecule has 2 aromatic heterocycles. The zero-order valence-electron chi connectivity index (χ0n) is 14.2. The molecule has 0 unspecified atom stereocenters. The number of nitrogens with zero attached hydrogens (tertiary/aromatic N) is 4. The van der Waals surface area contributed by atoms with Gasteiger partial charge in [-0.05, 0) is 58.6 Å². The van der Waals surface area contributed by atoms with Gasteiger partial charge in [0.15, 0.2) is 0 Å². The number of aryl methyl sites for hydroxylation is 2. The fraction of sp³-hybridized carbons (Fsp3) is 0.529. The van der Waals surface area contributed by atoms with Crippen LogP contribution in [0.1, 0.15) is 38.3 Å². The highest BCUT2D eigenvalue weighted by atomic mass is 32.1. The van der Waals surface area contributed by atoms with Crippen molar-refractivity contribution in [2.75, 3.05) is 27.2 Å². The van der Waals surface area contributed by atoms with Gasteiger partial charge in [0.1, 0.15) is 0 Å². The Morgan fingerprint density at radius 2 is 2.22 bits per heavy atom. The van der Waals surface area contributed by atoms with Crippen molar-refractivity contribution in [2.45, 2.75) is 32.9 Å². The van der Waals surface area contributed by atoms with E-state index in [1.807, 2.05) is 23.2 Å². The number of carbonyl (C=O) groups is 1.